The van der Waals surface area contributed by atoms with Crippen molar-refractivity contribution < 1.29 is 22.8 Å². The van der Waals surface area contributed by atoms with Gasteiger partial charge in [-0.1, -0.05) is 41.9 Å². The van der Waals surface area contributed by atoms with Gasteiger partial charge in [-0.25, -0.2) is 4.90 Å². The minimum Gasteiger partial charge on any atom is -0.274 e. The molecule has 1 heterocycles. The topological polar surface area (TPSA) is 37.4 Å². The Morgan fingerprint density at radius 1 is 0.929 bits per heavy atom. The number of anilines is 1. The molecule has 2 aromatic carbocycles. The van der Waals surface area contributed by atoms with Crippen LogP contribution in [0.4, 0.5) is 18.9 Å². The molecule has 28 heavy (non-hydrogen) atoms. The van der Waals surface area contributed by atoms with E-state index in [2.05, 4.69) is 0 Å². The Balaban J connectivity index is 1.65. The van der Waals surface area contributed by atoms with Gasteiger partial charge in [-0.3, -0.25) is 9.59 Å². The molecule has 0 unspecified atom stereocenters. The van der Waals surface area contributed by atoms with Crippen LogP contribution in [0.3, 0.4) is 0 Å². The van der Waals surface area contributed by atoms with Crippen LogP contribution in [0.2, 0.25) is 5.02 Å². The Bertz CT molecular complexity index is 929. The predicted octanol–water partition coefficient (Wildman–Crippen LogP) is 5.43. The lowest BCUT2D eigenvalue weighted by Crippen LogP contribution is -2.31. The molecule has 1 aliphatic heterocycles. The molecule has 7 heteroatoms. The van der Waals surface area contributed by atoms with Crippen LogP contribution in [0.15, 0.2) is 48.5 Å². The number of carbonyl (C=O) groups excluding carboxylic acids is 2. The Kier molecular flexibility index (Phi) is 4.70. The zero-order valence-corrected chi connectivity index (χ0v) is 15.5. The third-order valence-corrected chi connectivity index (χ3v) is 6.03. The summed E-state index contributed by atoms with van der Waals surface area (Å²) in [5.41, 5.74) is -0.0153. The number of hydrogen-bond donors (Lipinski definition) is 0. The summed E-state index contributed by atoms with van der Waals surface area (Å²) in [5, 5.41) is -0.0482. The molecule has 2 amide bonds. The van der Waals surface area contributed by atoms with Crippen molar-refractivity contribution in [2.75, 3.05) is 4.90 Å². The molecule has 0 bridgehead atoms. The van der Waals surface area contributed by atoms with Gasteiger partial charge in [-0.05, 0) is 48.9 Å². The zero-order valence-electron chi connectivity index (χ0n) is 14.7. The summed E-state index contributed by atoms with van der Waals surface area (Å²) in [6.07, 6.45) is -2.79. The van der Waals surface area contributed by atoms with Crippen LogP contribution in [0, 0.1) is 11.8 Å². The molecule has 3 atom stereocenters. The smallest absolute Gasteiger partial charge is 0.274 e. The summed E-state index contributed by atoms with van der Waals surface area (Å²) < 4.78 is 39.3. The molecule has 0 N–H and O–H groups in total. The first-order valence-corrected chi connectivity index (χ1v) is 9.44. The Morgan fingerprint density at radius 2 is 1.61 bits per heavy atom. The van der Waals surface area contributed by atoms with E-state index in [1.54, 1.807) is 0 Å². The van der Waals surface area contributed by atoms with Crippen LogP contribution in [-0.4, -0.2) is 11.8 Å². The molecule has 1 saturated carbocycles. The number of halogens is 4. The second kappa shape index (κ2) is 6.92. The maximum Gasteiger partial charge on any atom is 0.416 e. The Morgan fingerprint density at radius 3 is 2.29 bits per heavy atom. The third kappa shape index (κ3) is 3.20. The van der Waals surface area contributed by atoms with Crippen molar-refractivity contribution in [1.29, 1.82) is 0 Å². The van der Waals surface area contributed by atoms with E-state index in [0.29, 0.717) is 12.8 Å². The summed E-state index contributed by atoms with van der Waals surface area (Å²) in [6.45, 7) is 0. The van der Waals surface area contributed by atoms with E-state index in [0.717, 1.165) is 35.1 Å². The number of alkyl halides is 3. The van der Waals surface area contributed by atoms with Gasteiger partial charge < -0.3 is 0 Å². The lowest BCUT2D eigenvalue weighted by molar-refractivity contribution is -0.137. The van der Waals surface area contributed by atoms with Crippen LogP contribution in [0.25, 0.3) is 0 Å². The monoisotopic (exact) mass is 407 g/mol. The zero-order chi connectivity index (χ0) is 20.1. The minimum absolute atomic E-state index is 0.0482. The molecule has 146 valence electrons. The van der Waals surface area contributed by atoms with E-state index in [9.17, 15) is 22.8 Å². The molecule has 0 aromatic heterocycles. The van der Waals surface area contributed by atoms with Crippen molar-refractivity contribution in [1.82, 2.24) is 0 Å². The van der Waals surface area contributed by atoms with Gasteiger partial charge in [-0.2, -0.15) is 13.2 Å². The maximum absolute atomic E-state index is 13.1. The average molecular weight is 408 g/mol. The maximum atomic E-state index is 13.1. The summed E-state index contributed by atoms with van der Waals surface area (Å²) in [5.74, 6) is -1.80. The second-order valence-electron chi connectivity index (χ2n) is 7.31. The molecule has 2 aliphatic rings. The minimum atomic E-state index is -4.59. The molecule has 0 spiro atoms. The number of imide groups is 1. The fraction of sp³-hybridized carbons (Fsp3) is 0.333. The average Bonchev–Trinajstić information content (AvgIpc) is 2.92. The third-order valence-electron chi connectivity index (χ3n) is 5.71. The second-order valence-corrected chi connectivity index (χ2v) is 7.72. The number of carbonyl (C=O) groups is 2. The number of rotatable bonds is 2. The molecule has 4 rings (SSSR count). The standard InChI is InChI=1S/C21H17ClF3NO2/c22-17-9-7-14(21(23,24)25)11-18(17)26-19(27)15-8-6-13(10-16(15)20(26)28)12-4-2-1-3-5-12/h1-5,7,9,11,13,15-16H,6,8,10H2/t13-,15+,16+/m0/s1. The van der Waals surface area contributed by atoms with E-state index in [1.165, 1.54) is 0 Å². The van der Waals surface area contributed by atoms with E-state index in [-0.39, 0.29) is 16.6 Å². The molecule has 3 nitrogen and oxygen atoms in total. The highest BCUT2D eigenvalue weighted by Crippen LogP contribution is 2.47. The number of nitrogens with zero attached hydrogens (tertiary/aromatic N) is 1. The highest BCUT2D eigenvalue weighted by atomic mass is 35.5. The van der Waals surface area contributed by atoms with Crippen LogP contribution in [-0.2, 0) is 15.8 Å². The Hall–Kier alpha value is -2.34. The van der Waals surface area contributed by atoms with Crippen molar-refractivity contribution in [3.8, 4) is 0 Å². The number of hydrogen-bond acceptors (Lipinski definition) is 2. The van der Waals surface area contributed by atoms with Gasteiger partial charge in [0.15, 0.2) is 0 Å². The van der Waals surface area contributed by atoms with Gasteiger partial charge in [0, 0.05) is 0 Å². The van der Waals surface area contributed by atoms with Gasteiger partial charge in [0.25, 0.3) is 0 Å². The fourth-order valence-corrected chi connectivity index (χ4v) is 4.51. The van der Waals surface area contributed by atoms with Crippen molar-refractivity contribution in [2.24, 2.45) is 11.8 Å². The first-order valence-electron chi connectivity index (χ1n) is 9.07. The van der Waals surface area contributed by atoms with Crippen molar-refractivity contribution >= 4 is 29.1 Å². The van der Waals surface area contributed by atoms with Crippen LogP contribution in [0.5, 0.6) is 0 Å². The molecule has 2 aromatic rings. The highest BCUT2D eigenvalue weighted by Gasteiger charge is 2.51. The molecule has 1 saturated heterocycles. The molecular formula is C21H17ClF3NO2. The lowest BCUT2D eigenvalue weighted by atomic mass is 9.73. The normalized spacial score (nSPS) is 25.1. The molecule has 0 radical (unpaired) electrons. The number of benzene rings is 2. The Labute approximate surface area is 165 Å². The van der Waals surface area contributed by atoms with Crippen molar-refractivity contribution in [2.45, 2.75) is 31.4 Å². The van der Waals surface area contributed by atoms with Gasteiger partial charge in [0.2, 0.25) is 11.8 Å². The molecular weight excluding hydrogens is 391 g/mol. The lowest BCUT2D eigenvalue weighted by Gasteiger charge is -2.28. The summed E-state index contributed by atoms with van der Waals surface area (Å²) in [6, 6.07) is 12.5. The van der Waals surface area contributed by atoms with Gasteiger partial charge >= 0.3 is 6.18 Å². The quantitative estimate of drug-likeness (QED) is 0.622. The van der Waals surface area contributed by atoms with Gasteiger partial charge in [0.05, 0.1) is 28.1 Å². The van der Waals surface area contributed by atoms with E-state index < -0.39 is 35.4 Å². The predicted molar refractivity (Wildman–Crippen MR) is 99.0 cm³/mol. The van der Waals surface area contributed by atoms with E-state index in [1.807, 2.05) is 30.3 Å². The molecule has 1 aliphatic carbocycles. The van der Waals surface area contributed by atoms with Crippen molar-refractivity contribution in [3.05, 3.63) is 64.7 Å². The van der Waals surface area contributed by atoms with Gasteiger partial charge in [0.1, 0.15) is 0 Å². The SMILES string of the molecule is O=C1[C@@H]2CC[C@H](c3ccccc3)C[C@H]2C(=O)N1c1cc(C(F)(F)F)ccc1Cl. The van der Waals surface area contributed by atoms with Crippen LogP contribution < -0.4 is 4.90 Å². The largest absolute Gasteiger partial charge is 0.416 e. The van der Waals surface area contributed by atoms with Crippen molar-refractivity contribution in [3.63, 3.8) is 0 Å². The van der Waals surface area contributed by atoms with Gasteiger partial charge in [-0.15, -0.1) is 0 Å². The van der Waals surface area contributed by atoms with E-state index in [4.69, 9.17) is 11.6 Å². The molecule has 2 fully saturated rings. The number of amides is 2. The summed E-state index contributed by atoms with van der Waals surface area (Å²) >= 11 is 6.07. The first kappa shape index (κ1) is 19.0. The first-order chi connectivity index (χ1) is 13.3. The fourth-order valence-electron chi connectivity index (χ4n) is 4.31. The highest BCUT2D eigenvalue weighted by molar-refractivity contribution is 6.36. The number of fused-ring (bicyclic) bond motifs is 1. The van der Waals surface area contributed by atoms with Crippen LogP contribution >= 0.6 is 11.6 Å². The van der Waals surface area contributed by atoms with Crippen LogP contribution in [0.1, 0.15) is 36.3 Å². The van der Waals surface area contributed by atoms with E-state index >= 15 is 0 Å². The summed E-state index contributed by atoms with van der Waals surface area (Å²) in [4.78, 5) is 26.7. The summed E-state index contributed by atoms with van der Waals surface area (Å²) in [7, 11) is 0.